The van der Waals surface area contributed by atoms with Gasteiger partial charge in [0.05, 0.1) is 12.7 Å². The number of guanidine groups is 1. The number of ether oxygens (including phenoxy) is 2. The van der Waals surface area contributed by atoms with Gasteiger partial charge in [0.15, 0.2) is 5.96 Å². The van der Waals surface area contributed by atoms with Crippen LogP contribution in [0.15, 0.2) is 4.99 Å². The summed E-state index contributed by atoms with van der Waals surface area (Å²) in [6.07, 6.45) is 7.87. The summed E-state index contributed by atoms with van der Waals surface area (Å²) >= 11 is 0. The van der Waals surface area contributed by atoms with Gasteiger partial charge in [-0.2, -0.15) is 0 Å². The van der Waals surface area contributed by atoms with Crippen molar-refractivity contribution in [3.05, 3.63) is 0 Å². The lowest BCUT2D eigenvalue weighted by molar-refractivity contribution is 0.0168. The smallest absolute Gasteiger partial charge is 0.191 e. The summed E-state index contributed by atoms with van der Waals surface area (Å²) in [6, 6.07) is 0.371. The predicted octanol–water partition coefficient (Wildman–Crippen LogP) is 2.43. The minimum atomic E-state index is -0.688. The molecule has 1 saturated carbocycles. The van der Waals surface area contributed by atoms with E-state index < -0.39 is 10.8 Å². The molecule has 4 unspecified atom stereocenters. The maximum absolute atomic E-state index is 12.1. The third-order valence-corrected chi connectivity index (χ3v) is 6.67. The average molecular weight is 501 g/mol. The molecular formula is C18H36IN3O3S. The van der Waals surface area contributed by atoms with Gasteiger partial charge < -0.3 is 20.1 Å². The van der Waals surface area contributed by atoms with Crippen LogP contribution in [-0.4, -0.2) is 66.7 Å². The SMILES string of the molecule is CCS(=O)C1CCCC(NC(=NC)NCCCOCC2CCCO2)C1.I. The molecule has 0 amide bonds. The largest absolute Gasteiger partial charge is 0.379 e. The molecule has 2 rings (SSSR count). The van der Waals surface area contributed by atoms with Crippen molar-refractivity contribution < 1.29 is 13.7 Å². The fourth-order valence-electron chi connectivity index (χ4n) is 3.51. The van der Waals surface area contributed by atoms with Crippen LogP contribution < -0.4 is 10.6 Å². The van der Waals surface area contributed by atoms with Crippen LogP contribution >= 0.6 is 24.0 Å². The van der Waals surface area contributed by atoms with Crippen LogP contribution in [-0.2, 0) is 20.3 Å². The highest BCUT2D eigenvalue weighted by Gasteiger charge is 2.25. The summed E-state index contributed by atoms with van der Waals surface area (Å²) in [7, 11) is 1.11. The lowest BCUT2D eigenvalue weighted by atomic mass is 9.95. The first-order chi connectivity index (χ1) is 12.2. The highest BCUT2D eigenvalue weighted by molar-refractivity contribution is 14.0. The molecule has 2 N–H and O–H groups in total. The first-order valence-electron chi connectivity index (χ1n) is 9.76. The van der Waals surface area contributed by atoms with Gasteiger partial charge in [0, 0.05) is 54.7 Å². The minimum Gasteiger partial charge on any atom is -0.379 e. The van der Waals surface area contributed by atoms with E-state index in [1.54, 1.807) is 7.05 Å². The number of nitrogens with one attached hydrogen (secondary N) is 2. The highest BCUT2D eigenvalue weighted by atomic mass is 127. The van der Waals surface area contributed by atoms with Crippen molar-refractivity contribution in [1.29, 1.82) is 0 Å². The molecule has 26 heavy (non-hydrogen) atoms. The second kappa shape index (κ2) is 14.1. The fraction of sp³-hybridized carbons (Fsp3) is 0.944. The van der Waals surface area contributed by atoms with Gasteiger partial charge in [-0.25, -0.2) is 0 Å². The van der Waals surface area contributed by atoms with Crippen LogP contribution in [0.3, 0.4) is 0 Å². The van der Waals surface area contributed by atoms with E-state index in [0.29, 0.717) is 24.0 Å². The molecule has 0 aromatic carbocycles. The standard InChI is InChI=1S/C18H35N3O3S.HI/c1-3-25(22)17-9-4-7-15(13-17)21-18(19-2)20-10-6-11-23-14-16-8-5-12-24-16;/h15-17H,3-14H2,1-2H3,(H2,19,20,21);1H. The van der Waals surface area contributed by atoms with Crippen LogP contribution in [0, 0.1) is 0 Å². The molecule has 1 aliphatic carbocycles. The Morgan fingerprint density at radius 1 is 1.31 bits per heavy atom. The second-order valence-corrected chi connectivity index (χ2v) is 8.87. The molecule has 1 heterocycles. The van der Waals surface area contributed by atoms with Crippen molar-refractivity contribution in [2.24, 2.45) is 4.99 Å². The topological polar surface area (TPSA) is 72.0 Å². The van der Waals surface area contributed by atoms with E-state index in [-0.39, 0.29) is 24.0 Å². The van der Waals surface area contributed by atoms with Crippen molar-refractivity contribution in [2.45, 2.75) is 69.3 Å². The molecule has 0 aromatic heterocycles. The van der Waals surface area contributed by atoms with E-state index in [1.165, 1.54) is 0 Å². The van der Waals surface area contributed by atoms with E-state index in [0.717, 1.165) is 76.4 Å². The molecule has 6 nitrogen and oxygen atoms in total. The second-order valence-electron chi connectivity index (χ2n) is 6.86. The highest BCUT2D eigenvalue weighted by Crippen LogP contribution is 2.22. The molecule has 0 spiro atoms. The lowest BCUT2D eigenvalue weighted by Crippen LogP contribution is -2.46. The van der Waals surface area contributed by atoms with E-state index in [4.69, 9.17) is 9.47 Å². The quantitative estimate of drug-likeness (QED) is 0.220. The Bertz CT molecular complexity index is 434. The average Bonchev–Trinajstić information content (AvgIpc) is 3.16. The number of hydrogen-bond acceptors (Lipinski definition) is 4. The lowest BCUT2D eigenvalue weighted by Gasteiger charge is -2.30. The summed E-state index contributed by atoms with van der Waals surface area (Å²) in [5.74, 6) is 1.60. The van der Waals surface area contributed by atoms with Crippen LogP contribution in [0.2, 0.25) is 0 Å². The molecule has 0 radical (unpaired) electrons. The Balaban J connectivity index is 0.00000338. The normalized spacial score (nSPS) is 27.6. The number of hydrogen-bond donors (Lipinski definition) is 2. The molecule has 4 atom stereocenters. The van der Waals surface area contributed by atoms with Crippen LogP contribution in [0.4, 0.5) is 0 Å². The summed E-state index contributed by atoms with van der Waals surface area (Å²) in [6.45, 7) is 5.18. The molecule has 1 aliphatic heterocycles. The van der Waals surface area contributed by atoms with Gasteiger partial charge in [-0.3, -0.25) is 9.20 Å². The Kier molecular flexibility index (Phi) is 13.1. The Morgan fingerprint density at radius 3 is 2.85 bits per heavy atom. The van der Waals surface area contributed by atoms with Gasteiger partial charge in [0.25, 0.3) is 0 Å². The molecule has 0 aromatic rings. The van der Waals surface area contributed by atoms with Crippen molar-refractivity contribution >= 4 is 40.7 Å². The molecule has 154 valence electrons. The maximum Gasteiger partial charge on any atom is 0.191 e. The van der Waals surface area contributed by atoms with Gasteiger partial charge in [-0.1, -0.05) is 13.3 Å². The molecule has 0 bridgehead atoms. The summed E-state index contributed by atoms with van der Waals surface area (Å²) in [5, 5.41) is 7.18. The number of nitrogens with zero attached hydrogens (tertiary/aromatic N) is 1. The van der Waals surface area contributed by atoms with Crippen LogP contribution in [0.5, 0.6) is 0 Å². The van der Waals surface area contributed by atoms with E-state index >= 15 is 0 Å². The van der Waals surface area contributed by atoms with Gasteiger partial charge >= 0.3 is 0 Å². The Labute approximate surface area is 178 Å². The summed E-state index contributed by atoms with van der Waals surface area (Å²) in [4.78, 5) is 4.31. The minimum absolute atomic E-state index is 0. The number of rotatable bonds is 9. The summed E-state index contributed by atoms with van der Waals surface area (Å²) in [5.41, 5.74) is 0. The van der Waals surface area contributed by atoms with Crippen molar-refractivity contribution in [1.82, 2.24) is 10.6 Å². The van der Waals surface area contributed by atoms with Crippen molar-refractivity contribution in [3.8, 4) is 0 Å². The van der Waals surface area contributed by atoms with Gasteiger partial charge in [0.1, 0.15) is 0 Å². The first-order valence-corrected chi connectivity index (χ1v) is 11.1. The zero-order chi connectivity index (χ0) is 17.9. The molecule has 2 aliphatic rings. The maximum atomic E-state index is 12.1. The Morgan fingerprint density at radius 2 is 2.15 bits per heavy atom. The third kappa shape index (κ3) is 8.84. The number of halogens is 1. The Hall–Kier alpha value is 0.0700. The van der Waals surface area contributed by atoms with Crippen LogP contribution in [0.25, 0.3) is 0 Å². The third-order valence-electron chi connectivity index (χ3n) is 4.93. The first kappa shape index (κ1) is 24.1. The van der Waals surface area contributed by atoms with E-state index in [2.05, 4.69) is 15.6 Å². The molecule has 2 fully saturated rings. The monoisotopic (exact) mass is 501 g/mol. The van der Waals surface area contributed by atoms with Gasteiger partial charge in [-0.05, 0) is 38.5 Å². The summed E-state index contributed by atoms with van der Waals surface area (Å²) < 4.78 is 23.3. The van der Waals surface area contributed by atoms with Crippen LogP contribution in [0.1, 0.15) is 51.9 Å². The van der Waals surface area contributed by atoms with Crippen molar-refractivity contribution in [2.75, 3.05) is 39.2 Å². The van der Waals surface area contributed by atoms with E-state index in [9.17, 15) is 4.21 Å². The molecule has 8 heteroatoms. The van der Waals surface area contributed by atoms with Crippen molar-refractivity contribution in [3.63, 3.8) is 0 Å². The predicted molar refractivity (Wildman–Crippen MR) is 119 cm³/mol. The van der Waals surface area contributed by atoms with E-state index in [1.807, 2.05) is 6.92 Å². The zero-order valence-electron chi connectivity index (χ0n) is 16.2. The van der Waals surface area contributed by atoms with Gasteiger partial charge in [0.2, 0.25) is 0 Å². The fourth-order valence-corrected chi connectivity index (χ4v) is 4.86. The van der Waals surface area contributed by atoms with Gasteiger partial charge in [-0.15, -0.1) is 24.0 Å². The zero-order valence-corrected chi connectivity index (χ0v) is 19.4. The number of aliphatic imine (C=N–C) groups is 1. The molecular weight excluding hydrogens is 465 g/mol. The molecule has 1 saturated heterocycles.